The van der Waals surface area contributed by atoms with E-state index in [1.54, 1.807) is 0 Å². The van der Waals surface area contributed by atoms with Crippen LogP contribution in [0.3, 0.4) is 0 Å². The number of hydrogen-bond donors (Lipinski definition) is 1. The summed E-state index contributed by atoms with van der Waals surface area (Å²) in [7, 11) is 0. The van der Waals surface area contributed by atoms with Crippen LogP contribution >= 0.6 is 22.6 Å². The van der Waals surface area contributed by atoms with Crippen molar-refractivity contribution in [2.75, 3.05) is 10.2 Å². The lowest BCUT2D eigenvalue weighted by Crippen LogP contribution is -2.35. The van der Waals surface area contributed by atoms with E-state index in [9.17, 15) is 9.59 Å². The molecule has 0 spiro atoms. The second-order valence-corrected chi connectivity index (χ2v) is 6.51. The molecule has 22 heavy (non-hydrogen) atoms. The van der Waals surface area contributed by atoms with Gasteiger partial charge in [-0.1, -0.05) is 18.2 Å². The van der Waals surface area contributed by atoms with Crippen LogP contribution in [0.1, 0.15) is 12.0 Å². The number of halogens is 1. The number of anilines is 2. The summed E-state index contributed by atoms with van der Waals surface area (Å²) in [6.45, 7) is 1.91. The van der Waals surface area contributed by atoms with Gasteiger partial charge in [-0.25, -0.2) is 4.90 Å². The predicted octanol–water partition coefficient (Wildman–Crippen LogP) is 3.34. The van der Waals surface area contributed by atoms with E-state index in [4.69, 9.17) is 0 Å². The molecule has 0 aromatic heterocycles. The minimum Gasteiger partial charge on any atom is -0.373 e. The van der Waals surface area contributed by atoms with Crippen molar-refractivity contribution >= 4 is 45.8 Å². The van der Waals surface area contributed by atoms with E-state index in [-0.39, 0.29) is 18.2 Å². The molecule has 1 heterocycles. The van der Waals surface area contributed by atoms with Gasteiger partial charge in [0, 0.05) is 9.26 Å². The number of para-hydroxylation sites is 1. The number of aryl methyl sites for hydroxylation is 1. The zero-order chi connectivity index (χ0) is 15.7. The van der Waals surface area contributed by atoms with Gasteiger partial charge < -0.3 is 5.32 Å². The third-order valence-electron chi connectivity index (χ3n) is 3.66. The summed E-state index contributed by atoms with van der Waals surface area (Å²) in [5.41, 5.74) is 2.44. The van der Waals surface area contributed by atoms with E-state index >= 15 is 0 Å². The first-order chi connectivity index (χ1) is 10.6. The molecule has 2 amide bonds. The summed E-state index contributed by atoms with van der Waals surface area (Å²) >= 11 is 2.21. The maximum absolute atomic E-state index is 12.6. The minimum atomic E-state index is -0.506. The lowest BCUT2D eigenvalue weighted by molar-refractivity contribution is -0.121. The molecule has 0 bridgehead atoms. The van der Waals surface area contributed by atoms with Gasteiger partial charge in [0.15, 0.2) is 0 Å². The van der Waals surface area contributed by atoms with Crippen LogP contribution < -0.4 is 10.2 Å². The number of carbonyl (C=O) groups excluding carboxylic acids is 2. The largest absolute Gasteiger partial charge is 0.373 e. The second-order valence-electron chi connectivity index (χ2n) is 5.27. The number of nitrogens with zero attached hydrogens (tertiary/aromatic N) is 1. The smallest absolute Gasteiger partial charge is 0.256 e. The molecule has 1 fully saturated rings. The average Bonchev–Trinajstić information content (AvgIpc) is 2.75. The second kappa shape index (κ2) is 6.08. The summed E-state index contributed by atoms with van der Waals surface area (Å²) < 4.78 is 1.08. The van der Waals surface area contributed by atoms with Gasteiger partial charge in [0.25, 0.3) is 5.91 Å². The van der Waals surface area contributed by atoms with Gasteiger partial charge in [-0.15, -0.1) is 0 Å². The van der Waals surface area contributed by atoms with E-state index in [2.05, 4.69) is 27.9 Å². The van der Waals surface area contributed by atoms with Crippen LogP contribution in [0, 0.1) is 10.5 Å². The number of hydrogen-bond acceptors (Lipinski definition) is 3. The Morgan fingerprint density at radius 1 is 1.14 bits per heavy atom. The molecule has 112 valence electrons. The fourth-order valence-electron chi connectivity index (χ4n) is 2.60. The zero-order valence-corrected chi connectivity index (χ0v) is 14.2. The molecular weight excluding hydrogens is 391 g/mol. The third-order valence-corrected chi connectivity index (χ3v) is 4.33. The molecule has 2 aromatic carbocycles. The molecule has 0 radical (unpaired) electrons. The lowest BCUT2D eigenvalue weighted by Gasteiger charge is -2.18. The van der Waals surface area contributed by atoms with Crippen molar-refractivity contribution in [2.24, 2.45) is 0 Å². The summed E-state index contributed by atoms with van der Waals surface area (Å²) in [6, 6.07) is 14.7. The van der Waals surface area contributed by atoms with Gasteiger partial charge in [0.05, 0.1) is 12.1 Å². The van der Waals surface area contributed by atoms with Crippen molar-refractivity contribution in [3.8, 4) is 0 Å². The van der Waals surface area contributed by atoms with Crippen molar-refractivity contribution in [1.29, 1.82) is 0 Å². The van der Waals surface area contributed by atoms with E-state index in [1.807, 2.05) is 55.5 Å². The Kier molecular flexibility index (Phi) is 4.15. The summed E-state index contributed by atoms with van der Waals surface area (Å²) in [6.07, 6.45) is 0.180. The van der Waals surface area contributed by atoms with Gasteiger partial charge in [0.1, 0.15) is 6.04 Å². The Balaban J connectivity index is 1.85. The fraction of sp³-hybridized carbons (Fsp3) is 0.176. The fourth-order valence-corrected chi connectivity index (χ4v) is 3.25. The number of amides is 2. The summed E-state index contributed by atoms with van der Waals surface area (Å²) in [5.74, 6) is -0.360. The minimum absolute atomic E-state index is 0.164. The molecule has 1 saturated heterocycles. The molecule has 1 atom stereocenters. The molecule has 1 unspecified atom stereocenters. The normalized spacial score (nSPS) is 17.9. The number of rotatable bonds is 3. The Bertz CT molecular complexity index is 731. The number of carbonyl (C=O) groups is 2. The van der Waals surface area contributed by atoms with Crippen LogP contribution in [-0.2, 0) is 9.59 Å². The van der Waals surface area contributed by atoms with Gasteiger partial charge >= 0.3 is 0 Å². The third kappa shape index (κ3) is 2.85. The number of nitrogens with one attached hydrogen (secondary N) is 1. The average molecular weight is 406 g/mol. The van der Waals surface area contributed by atoms with E-state index in [1.165, 1.54) is 4.90 Å². The molecule has 1 N–H and O–H groups in total. The number of imide groups is 1. The van der Waals surface area contributed by atoms with Crippen molar-refractivity contribution in [3.63, 3.8) is 0 Å². The summed E-state index contributed by atoms with van der Waals surface area (Å²) in [4.78, 5) is 26.2. The number of benzene rings is 2. The monoisotopic (exact) mass is 406 g/mol. The van der Waals surface area contributed by atoms with Crippen molar-refractivity contribution in [3.05, 3.63) is 57.7 Å². The van der Waals surface area contributed by atoms with Crippen LogP contribution in [0.25, 0.3) is 0 Å². The predicted molar refractivity (Wildman–Crippen MR) is 94.9 cm³/mol. The molecular formula is C17H15IN2O2. The van der Waals surface area contributed by atoms with Crippen LogP contribution in [0.15, 0.2) is 48.5 Å². The highest BCUT2D eigenvalue weighted by molar-refractivity contribution is 14.1. The Morgan fingerprint density at radius 3 is 2.55 bits per heavy atom. The first kappa shape index (κ1) is 15.0. The Morgan fingerprint density at radius 2 is 1.86 bits per heavy atom. The maximum Gasteiger partial charge on any atom is 0.256 e. The van der Waals surface area contributed by atoms with Crippen LogP contribution in [0.2, 0.25) is 0 Å². The lowest BCUT2D eigenvalue weighted by atomic mass is 10.2. The van der Waals surface area contributed by atoms with Crippen molar-refractivity contribution in [2.45, 2.75) is 19.4 Å². The van der Waals surface area contributed by atoms with Crippen LogP contribution in [0.5, 0.6) is 0 Å². The topological polar surface area (TPSA) is 49.4 Å². The molecule has 1 aliphatic rings. The maximum atomic E-state index is 12.6. The summed E-state index contributed by atoms with van der Waals surface area (Å²) in [5, 5.41) is 3.14. The van der Waals surface area contributed by atoms with Gasteiger partial charge in [0.2, 0.25) is 5.91 Å². The van der Waals surface area contributed by atoms with Gasteiger partial charge in [-0.05, 0) is 65.4 Å². The first-order valence-electron chi connectivity index (χ1n) is 7.01. The molecule has 0 aliphatic carbocycles. The zero-order valence-electron chi connectivity index (χ0n) is 12.0. The Labute approximate surface area is 142 Å². The SMILES string of the molecule is Cc1cc(I)ccc1N1C(=O)CC(Nc2ccccc2)C1=O. The first-order valence-corrected chi connectivity index (χ1v) is 8.08. The van der Waals surface area contributed by atoms with Gasteiger partial charge in [-0.2, -0.15) is 0 Å². The molecule has 0 saturated carbocycles. The Hall–Kier alpha value is -1.89. The van der Waals surface area contributed by atoms with Crippen LogP contribution in [-0.4, -0.2) is 17.9 Å². The van der Waals surface area contributed by atoms with Gasteiger partial charge in [-0.3, -0.25) is 9.59 Å². The quantitative estimate of drug-likeness (QED) is 0.629. The highest BCUT2D eigenvalue weighted by Gasteiger charge is 2.40. The van der Waals surface area contributed by atoms with E-state index in [0.717, 1.165) is 14.8 Å². The van der Waals surface area contributed by atoms with Crippen LogP contribution in [0.4, 0.5) is 11.4 Å². The highest BCUT2D eigenvalue weighted by Crippen LogP contribution is 2.28. The molecule has 2 aromatic rings. The van der Waals surface area contributed by atoms with Crippen molar-refractivity contribution in [1.82, 2.24) is 0 Å². The molecule has 1 aliphatic heterocycles. The highest BCUT2D eigenvalue weighted by atomic mass is 127. The molecule has 3 rings (SSSR count). The standard InChI is InChI=1S/C17H15IN2O2/c1-11-9-12(18)7-8-15(11)20-16(21)10-14(17(20)22)19-13-5-3-2-4-6-13/h2-9,14,19H,10H2,1H3. The van der Waals surface area contributed by atoms with Crippen molar-refractivity contribution < 1.29 is 9.59 Å². The molecule has 4 nitrogen and oxygen atoms in total. The molecule has 5 heteroatoms. The van der Waals surface area contributed by atoms with E-state index in [0.29, 0.717) is 5.69 Å². The van der Waals surface area contributed by atoms with E-state index < -0.39 is 6.04 Å².